The van der Waals surface area contributed by atoms with Crippen molar-refractivity contribution in [2.24, 2.45) is 0 Å². The topological polar surface area (TPSA) is 41.6 Å². The second-order valence-electron chi connectivity index (χ2n) is 3.30. The zero-order valence-corrected chi connectivity index (χ0v) is 11.9. The Balaban J connectivity index is 2.53. The Bertz CT molecular complexity index is 533. The van der Waals surface area contributed by atoms with E-state index < -0.39 is 0 Å². The number of aromatic nitrogens is 3. The van der Waals surface area contributed by atoms with Crippen LogP contribution in [0.3, 0.4) is 0 Å². The van der Waals surface area contributed by atoms with E-state index in [4.69, 9.17) is 12.2 Å². The van der Waals surface area contributed by atoms with Gasteiger partial charge in [-0.05, 0) is 22.4 Å². The van der Waals surface area contributed by atoms with E-state index in [1.54, 1.807) is 23.0 Å². The SMILES string of the molecule is CCCc1[nH]c(-c2cncs2)nc(=S)c1Br. The minimum absolute atomic E-state index is 0.602. The standard InChI is InChI=1S/C10H10BrN3S2/c1-2-3-6-8(11)10(15)14-9(13-6)7-4-12-5-16-7/h4-5H,2-3H2,1H3,(H,13,14,15). The highest BCUT2D eigenvalue weighted by Gasteiger charge is 2.08. The molecule has 2 heterocycles. The molecule has 6 heteroatoms. The molecule has 3 nitrogen and oxygen atoms in total. The molecule has 0 aliphatic rings. The number of halogens is 1. The van der Waals surface area contributed by atoms with E-state index in [0.29, 0.717) is 4.64 Å². The third-order valence-corrected chi connectivity index (χ3v) is 4.29. The van der Waals surface area contributed by atoms with Crippen molar-refractivity contribution in [3.63, 3.8) is 0 Å². The van der Waals surface area contributed by atoms with Crippen LogP contribution in [-0.4, -0.2) is 15.0 Å². The zero-order chi connectivity index (χ0) is 11.5. The van der Waals surface area contributed by atoms with E-state index in [0.717, 1.165) is 33.7 Å². The molecule has 84 valence electrons. The van der Waals surface area contributed by atoms with Crippen molar-refractivity contribution in [3.8, 4) is 10.7 Å². The third kappa shape index (κ3) is 2.39. The molecule has 0 aliphatic carbocycles. The number of rotatable bonds is 3. The van der Waals surface area contributed by atoms with Crippen molar-refractivity contribution in [1.82, 2.24) is 15.0 Å². The predicted octanol–water partition coefficient (Wildman–Crippen LogP) is 3.98. The van der Waals surface area contributed by atoms with Gasteiger partial charge in [0, 0.05) is 11.9 Å². The second kappa shape index (κ2) is 5.16. The van der Waals surface area contributed by atoms with Crippen molar-refractivity contribution in [2.45, 2.75) is 19.8 Å². The lowest BCUT2D eigenvalue weighted by atomic mass is 10.2. The average molecular weight is 316 g/mol. The maximum absolute atomic E-state index is 5.22. The van der Waals surface area contributed by atoms with Gasteiger partial charge in [-0.2, -0.15) is 0 Å². The number of thiazole rings is 1. The van der Waals surface area contributed by atoms with Gasteiger partial charge < -0.3 is 4.98 Å². The highest BCUT2D eigenvalue weighted by molar-refractivity contribution is 9.10. The first-order valence-corrected chi connectivity index (χ1v) is 6.98. The molecule has 0 saturated carbocycles. The van der Waals surface area contributed by atoms with Crippen molar-refractivity contribution < 1.29 is 0 Å². The molecule has 0 amide bonds. The minimum atomic E-state index is 0.602. The summed E-state index contributed by atoms with van der Waals surface area (Å²) in [5.41, 5.74) is 2.89. The van der Waals surface area contributed by atoms with E-state index in [1.165, 1.54) is 0 Å². The summed E-state index contributed by atoms with van der Waals surface area (Å²) in [5.74, 6) is 0.805. The fourth-order valence-electron chi connectivity index (χ4n) is 1.38. The fourth-order valence-corrected chi connectivity index (χ4v) is 2.54. The molecule has 0 spiro atoms. The Labute approximate surface area is 111 Å². The molecule has 2 aromatic heterocycles. The summed E-state index contributed by atoms with van der Waals surface area (Å²) in [6.07, 6.45) is 3.82. The first-order valence-electron chi connectivity index (χ1n) is 4.90. The molecular weight excluding hydrogens is 306 g/mol. The number of H-pyrrole nitrogens is 1. The molecule has 16 heavy (non-hydrogen) atoms. The molecular formula is C10H10BrN3S2. The summed E-state index contributed by atoms with van der Waals surface area (Å²) >= 11 is 10.2. The van der Waals surface area contributed by atoms with Crippen LogP contribution in [0.1, 0.15) is 19.0 Å². The first kappa shape index (κ1) is 11.9. The lowest BCUT2D eigenvalue weighted by molar-refractivity contribution is 0.866. The molecule has 0 saturated heterocycles. The number of nitrogens with one attached hydrogen (secondary N) is 1. The number of hydrogen-bond donors (Lipinski definition) is 1. The Morgan fingerprint density at radius 3 is 3.00 bits per heavy atom. The number of hydrogen-bond acceptors (Lipinski definition) is 4. The van der Waals surface area contributed by atoms with E-state index >= 15 is 0 Å². The van der Waals surface area contributed by atoms with Crippen LogP contribution in [0, 0.1) is 4.64 Å². The van der Waals surface area contributed by atoms with Crippen molar-refractivity contribution in [3.05, 3.63) is 26.5 Å². The van der Waals surface area contributed by atoms with Gasteiger partial charge in [-0.15, -0.1) is 11.3 Å². The third-order valence-electron chi connectivity index (χ3n) is 2.10. The quantitative estimate of drug-likeness (QED) is 0.871. The summed E-state index contributed by atoms with van der Waals surface area (Å²) in [6.45, 7) is 2.14. The fraction of sp³-hybridized carbons (Fsp3) is 0.300. The van der Waals surface area contributed by atoms with E-state index in [1.807, 2.05) is 0 Å². The Morgan fingerprint density at radius 2 is 2.38 bits per heavy atom. The number of nitrogens with zero attached hydrogens (tertiary/aromatic N) is 2. The van der Waals surface area contributed by atoms with Crippen molar-refractivity contribution >= 4 is 39.5 Å². The summed E-state index contributed by atoms with van der Waals surface area (Å²) in [6, 6.07) is 0. The molecule has 1 N–H and O–H groups in total. The van der Waals surface area contributed by atoms with Crippen molar-refractivity contribution in [2.75, 3.05) is 0 Å². The van der Waals surface area contributed by atoms with Crippen LogP contribution in [0.25, 0.3) is 10.7 Å². The number of aromatic amines is 1. The number of aryl methyl sites for hydroxylation is 1. The average Bonchev–Trinajstić information content (AvgIpc) is 2.78. The van der Waals surface area contributed by atoms with Gasteiger partial charge in [0.2, 0.25) is 0 Å². The smallest absolute Gasteiger partial charge is 0.150 e. The van der Waals surface area contributed by atoms with E-state index in [2.05, 4.69) is 37.8 Å². The maximum atomic E-state index is 5.22. The predicted molar refractivity (Wildman–Crippen MR) is 72.2 cm³/mol. The van der Waals surface area contributed by atoms with Crippen LogP contribution >= 0.6 is 39.5 Å². The Kier molecular flexibility index (Phi) is 3.83. The largest absolute Gasteiger partial charge is 0.341 e. The summed E-state index contributed by atoms with van der Waals surface area (Å²) in [7, 11) is 0. The molecule has 2 rings (SSSR count). The van der Waals surface area contributed by atoms with Crippen LogP contribution in [0.2, 0.25) is 0 Å². The Morgan fingerprint density at radius 1 is 1.56 bits per heavy atom. The normalized spacial score (nSPS) is 10.6. The van der Waals surface area contributed by atoms with Gasteiger partial charge in [0.15, 0.2) is 5.82 Å². The van der Waals surface area contributed by atoms with E-state index in [9.17, 15) is 0 Å². The molecule has 0 bridgehead atoms. The summed E-state index contributed by atoms with van der Waals surface area (Å²) in [4.78, 5) is 12.7. The maximum Gasteiger partial charge on any atom is 0.150 e. The van der Waals surface area contributed by atoms with Crippen LogP contribution in [0.5, 0.6) is 0 Å². The van der Waals surface area contributed by atoms with Gasteiger partial charge in [0.05, 0.1) is 14.9 Å². The highest BCUT2D eigenvalue weighted by atomic mass is 79.9. The molecule has 0 unspecified atom stereocenters. The first-order chi connectivity index (χ1) is 7.72. The monoisotopic (exact) mass is 315 g/mol. The molecule has 0 aromatic carbocycles. The summed E-state index contributed by atoms with van der Waals surface area (Å²) < 4.78 is 1.50. The van der Waals surface area contributed by atoms with Crippen LogP contribution in [-0.2, 0) is 6.42 Å². The van der Waals surface area contributed by atoms with Crippen molar-refractivity contribution in [1.29, 1.82) is 0 Å². The Hall–Kier alpha value is -0.590. The second-order valence-corrected chi connectivity index (χ2v) is 5.36. The summed E-state index contributed by atoms with van der Waals surface area (Å²) in [5, 5.41) is 0. The van der Waals surface area contributed by atoms with Crippen LogP contribution < -0.4 is 0 Å². The minimum Gasteiger partial charge on any atom is -0.341 e. The van der Waals surface area contributed by atoms with E-state index in [-0.39, 0.29) is 0 Å². The molecule has 0 aliphatic heterocycles. The molecule has 0 atom stereocenters. The van der Waals surface area contributed by atoms with Gasteiger partial charge in [0.1, 0.15) is 4.64 Å². The lowest BCUT2D eigenvalue weighted by Crippen LogP contribution is -1.97. The lowest BCUT2D eigenvalue weighted by Gasteiger charge is -2.05. The molecule has 0 radical (unpaired) electrons. The molecule has 0 fully saturated rings. The zero-order valence-electron chi connectivity index (χ0n) is 8.66. The highest BCUT2D eigenvalue weighted by Crippen LogP contribution is 2.24. The van der Waals surface area contributed by atoms with Gasteiger partial charge in [-0.25, -0.2) is 4.98 Å². The van der Waals surface area contributed by atoms with Crippen LogP contribution in [0.4, 0.5) is 0 Å². The van der Waals surface area contributed by atoms with Gasteiger partial charge in [0.25, 0.3) is 0 Å². The van der Waals surface area contributed by atoms with Crippen LogP contribution in [0.15, 0.2) is 16.2 Å². The van der Waals surface area contributed by atoms with Gasteiger partial charge in [-0.3, -0.25) is 4.98 Å². The van der Waals surface area contributed by atoms with Gasteiger partial charge in [-0.1, -0.05) is 25.6 Å². The molecule has 2 aromatic rings. The van der Waals surface area contributed by atoms with Gasteiger partial charge >= 0.3 is 0 Å².